The molecule has 1 rings (SSSR count). The number of hydrogen-bond donors (Lipinski definition) is 2. The Labute approximate surface area is 124 Å². The lowest BCUT2D eigenvalue weighted by Gasteiger charge is -2.12. The van der Waals surface area contributed by atoms with E-state index in [1.54, 1.807) is 19.2 Å². The molecule has 0 saturated carbocycles. The van der Waals surface area contributed by atoms with E-state index in [1.807, 2.05) is 19.9 Å². The van der Waals surface area contributed by atoms with E-state index in [-0.39, 0.29) is 11.8 Å². The number of hydrogen-bond acceptors (Lipinski definition) is 3. The fourth-order valence-electron chi connectivity index (χ4n) is 1.96. The smallest absolute Gasteiger partial charge is 0.328 e. The van der Waals surface area contributed by atoms with Crippen LogP contribution < -0.4 is 5.32 Å². The SMILES string of the molecule is COCC(C)CC(=O)Nc1ccc(/C=C/C(=O)O)cc1C. The van der Waals surface area contributed by atoms with E-state index in [0.29, 0.717) is 13.0 Å². The van der Waals surface area contributed by atoms with E-state index in [0.717, 1.165) is 22.9 Å². The van der Waals surface area contributed by atoms with Crippen LogP contribution in [0.3, 0.4) is 0 Å². The number of benzene rings is 1. The Hall–Kier alpha value is -2.14. The van der Waals surface area contributed by atoms with Crippen LogP contribution >= 0.6 is 0 Å². The summed E-state index contributed by atoms with van der Waals surface area (Å²) in [5.41, 5.74) is 2.40. The van der Waals surface area contributed by atoms with Crippen molar-refractivity contribution in [1.29, 1.82) is 0 Å². The van der Waals surface area contributed by atoms with Crippen molar-refractivity contribution in [3.8, 4) is 0 Å². The van der Waals surface area contributed by atoms with Gasteiger partial charge in [0.2, 0.25) is 5.91 Å². The third kappa shape index (κ3) is 6.23. The average molecular weight is 291 g/mol. The monoisotopic (exact) mass is 291 g/mol. The molecule has 0 bridgehead atoms. The molecule has 1 unspecified atom stereocenters. The molecule has 1 aromatic carbocycles. The van der Waals surface area contributed by atoms with Crippen LogP contribution in [-0.4, -0.2) is 30.7 Å². The van der Waals surface area contributed by atoms with Gasteiger partial charge in [0.05, 0.1) is 0 Å². The van der Waals surface area contributed by atoms with Gasteiger partial charge in [-0.25, -0.2) is 4.79 Å². The summed E-state index contributed by atoms with van der Waals surface area (Å²) in [5, 5.41) is 11.4. The summed E-state index contributed by atoms with van der Waals surface area (Å²) in [4.78, 5) is 22.4. The lowest BCUT2D eigenvalue weighted by Crippen LogP contribution is -2.18. The molecule has 0 spiro atoms. The zero-order valence-electron chi connectivity index (χ0n) is 12.6. The summed E-state index contributed by atoms with van der Waals surface area (Å²) < 4.78 is 5.00. The van der Waals surface area contributed by atoms with Crippen molar-refractivity contribution in [3.63, 3.8) is 0 Å². The van der Waals surface area contributed by atoms with Gasteiger partial charge >= 0.3 is 5.97 Å². The van der Waals surface area contributed by atoms with Crippen molar-refractivity contribution in [2.45, 2.75) is 20.3 Å². The van der Waals surface area contributed by atoms with Crippen molar-refractivity contribution in [3.05, 3.63) is 35.4 Å². The Morgan fingerprint density at radius 2 is 2.14 bits per heavy atom. The largest absolute Gasteiger partial charge is 0.478 e. The van der Waals surface area contributed by atoms with Crippen LogP contribution in [0.5, 0.6) is 0 Å². The van der Waals surface area contributed by atoms with E-state index in [1.165, 1.54) is 6.08 Å². The maximum atomic E-state index is 11.9. The van der Waals surface area contributed by atoms with Gasteiger partial charge in [0.15, 0.2) is 0 Å². The number of aryl methyl sites for hydroxylation is 1. The highest BCUT2D eigenvalue weighted by Gasteiger charge is 2.10. The van der Waals surface area contributed by atoms with Crippen LogP contribution in [0.2, 0.25) is 0 Å². The van der Waals surface area contributed by atoms with Crippen molar-refractivity contribution >= 4 is 23.6 Å². The molecule has 0 fully saturated rings. The first-order valence-corrected chi connectivity index (χ1v) is 6.72. The van der Waals surface area contributed by atoms with Gasteiger partial charge in [-0.05, 0) is 42.2 Å². The molecule has 0 saturated heterocycles. The Bertz CT molecular complexity index is 537. The van der Waals surface area contributed by atoms with Crippen LogP contribution in [0.4, 0.5) is 5.69 Å². The van der Waals surface area contributed by atoms with Crippen molar-refractivity contribution < 1.29 is 19.4 Å². The number of carbonyl (C=O) groups excluding carboxylic acids is 1. The molecular weight excluding hydrogens is 270 g/mol. The third-order valence-corrected chi connectivity index (χ3v) is 2.93. The molecule has 0 heterocycles. The molecule has 0 aliphatic rings. The van der Waals surface area contributed by atoms with Crippen LogP contribution in [0.1, 0.15) is 24.5 Å². The van der Waals surface area contributed by atoms with Gasteiger partial charge in [-0.2, -0.15) is 0 Å². The number of carboxylic acids is 1. The second-order valence-corrected chi connectivity index (χ2v) is 5.06. The molecule has 0 aliphatic carbocycles. The fourth-order valence-corrected chi connectivity index (χ4v) is 1.96. The Morgan fingerprint density at radius 3 is 2.71 bits per heavy atom. The summed E-state index contributed by atoms with van der Waals surface area (Å²) >= 11 is 0. The molecule has 114 valence electrons. The zero-order valence-corrected chi connectivity index (χ0v) is 12.6. The number of carbonyl (C=O) groups is 2. The summed E-state index contributed by atoms with van der Waals surface area (Å²) in [6.45, 7) is 4.37. The van der Waals surface area contributed by atoms with Gasteiger partial charge in [-0.15, -0.1) is 0 Å². The number of anilines is 1. The summed E-state index contributed by atoms with van der Waals surface area (Å²) in [6.07, 6.45) is 3.00. The van der Waals surface area contributed by atoms with Crippen LogP contribution in [-0.2, 0) is 14.3 Å². The standard InChI is InChI=1S/C16H21NO4/c1-11(10-21-3)8-15(18)17-14-6-4-13(9-12(14)2)5-7-16(19)20/h4-7,9,11H,8,10H2,1-3H3,(H,17,18)(H,19,20)/b7-5+. The maximum Gasteiger partial charge on any atom is 0.328 e. The van der Waals surface area contributed by atoms with Crippen LogP contribution in [0.15, 0.2) is 24.3 Å². The lowest BCUT2D eigenvalue weighted by molar-refractivity contribution is -0.131. The quantitative estimate of drug-likeness (QED) is 0.757. The number of aliphatic carboxylic acids is 1. The minimum atomic E-state index is -0.989. The predicted molar refractivity (Wildman–Crippen MR) is 82.1 cm³/mol. The minimum absolute atomic E-state index is 0.0588. The molecule has 1 amide bonds. The second-order valence-electron chi connectivity index (χ2n) is 5.06. The first kappa shape index (κ1) is 16.9. The van der Waals surface area contributed by atoms with Gasteiger partial charge < -0.3 is 15.2 Å². The van der Waals surface area contributed by atoms with E-state index in [4.69, 9.17) is 9.84 Å². The molecule has 0 aromatic heterocycles. The summed E-state index contributed by atoms with van der Waals surface area (Å²) in [5.74, 6) is -0.887. The number of ether oxygens (including phenoxy) is 1. The van der Waals surface area contributed by atoms with Gasteiger partial charge in [0.1, 0.15) is 0 Å². The van der Waals surface area contributed by atoms with Gasteiger partial charge in [-0.3, -0.25) is 4.79 Å². The van der Waals surface area contributed by atoms with Gasteiger partial charge in [0, 0.05) is 31.9 Å². The zero-order chi connectivity index (χ0) is 15.8. The normalized spacial score (nSPS) is 12.3. The maximum absolute atomic E-state index is 11.9. The molecule has 21 heavy (non-hydrogen) atoms. The topological polar surface area (TPSA) is 75.6 Å². The molecule has 1 aromatic rings. The first-order chi connectivity index (χ1) is 9.92. The molecule has 5 nitrogen and oxygen atoms in total. The molecule has 5 heteroatoms. The second kappa shape index (κ2) is 8.21. The van der Waals surface area contributed by atoms with Gasteiger partial charge in [0.25, 0.3) is 0 Å². The summed E-state index contributed by atoms with van der Waals surface area (Å²) in [7, 11) is 1.61. The summed E-state index contributed by atoms with van der Waals surface area (Å²) in [6, 6.07) is 5.37. The van der Waals surface area contributed by atoms with E-state index < -0.39 is 5.97 Å². The van der Waals surface area contributed by atoms with Crippen molar-refractivity contribution in [2.24, 2.45) is 5.92 Å². The highest BCUT2D eigenvalue weighted by molar-refractivity contribution is 5.92. The minimum Gasteiger partial charge on any atom is -0.478 e. The van der Waals surface area contributed by atoms with E-state index >= 15 is 0 Å². The Kier molecular flexibility index (Phi) is 6.62. The van der Waals surface area contributed by atoms with E-state index in [2.05, 4.69) is 5.32 Å². The van der Waals surface area contributed by atoms with Gasteiger partial charge in [-0.1, -0.05) is 13.0 Å². The number of amides is 1. The highest BCUT2D eigenvalue weighted by Crippen LogP contribution is 2.18. The predicted octanol–water partition coefficient (Wildman–Crippen LogP) is 2.70. The van der Waals surface area contributed by atoms with Crippen LogP contribution in [0.25, 0.3) is 6.08 Å². The Morgan fingerprint density at radius 1 is 1.43 bits per heavy atom. The molecular formula is C16H21NO4. The fraction of sp³-hybridized carbons (Fsp3) is 0.375. The number of nitrogens with one attached hydrogen (secondary N) is 1. The first-order valence-electron chi connectivity index (χ1n) is 6.72. The third-order valence-electron chi connectivity index (χ3n) is 2.93. The molecule has 1 atom stereocenters. The lowest BCUT2D eigenvalue weighted by atomic mass is 10.1. The molecule has 0 radical (unpaired) electrons. The molecule has 2 N–H and O–H groups in total. The van der Waals surface area contributed by atoms with Crippen molar-refractivity contribution in [2.75, 3.05) is 19.0 Å². The van der Waals surface area contributed by atoms with Crippen molar-refractivity contribution in [1.82, 2.24) is 0 Å². The number of carboxylic acid groups (broad SMARTS) is 1. The van der Waals surface area contributed by atoms with E-state index in [9.17, 15) is 9.59 Å². The van der Waals surface area contributed by atoms with Crippen LogP contribution in [0, 0.1) is 12.8 Å². The Balaban J connectivity index is 2.68. The molecule has 0 aliphatic heterocycles. The number of rotatable bonds is 7. The average Bonchev–Trinajstić information content (AvgIpc) is 2.39. The number of methoxy groups -OCH3 is 1. The highest BCUT2D eigenvalue weighted by atomic mass is 16.5.